The zero-order valence-corrected chi connectivity index (χ0v) is 17.4. The van der Waals surface area contributed by atoms with Crippen LogP contribution in [-0.2, 0) is 19.1 Å². The molecular weight excluding hydrogens is 392 g/mol. The number of piperazine rings is 1. The van der Waals surface area contributed by atoms with Gasteiger partial charge in [0.05, 0.1) is 12.7 Å². The summed E-state index contributed by atoms with van der Waals surface area (Å²) in [6.07, 6.45) is 1.03. The van der Waals surface area contributed by atoms with E-state index in [0.29, 0.717) is 42.1 Å². The second kappa shape index (κ2) is 7.02. The van der Waals surface area contributed by atoms with Crippen LogP contribution < -0.4 is 5.32 Å². The Bertz CT molecular complexity index is 992. The number of fused-ring (bicyclic) bond motifs is 2. The monoisotopic (exact) mass is 414 g/mol. The van der Waals surface area contributed by atoms with Crippen molar-refractivity contribution < 1.29 is 19.1 Å². The summed E-state index contributed by atoms with van der Waals surface area (Å²) in [5, 5.41) is 3.32. The van der Waals surface area contributed by atoms with Crippen LogP contribution in [0.25, 0.3) is 0 Å². The molecule has 2 aliphatic heterocycles. The zero-order chi connectivity index (χ0) is 20.9. The normalized spacial score (nSPS) is 23.4. The average Bonchev–Trinajstić information content (AvgIpc) is 2.66. The molecule has 152 valence electrons. The molecule has 1 aromatic rings. The third kappa shape index (κ3) is 3.25. The standard InChI is InChI=1S/C22H23ClN2O4/c1-22(2)10-14-17(15(26)11-22)16(12-5-4-6-13(23)9-12)18(21(28)29-3)19-20(27)24-7-8-25(14)19/h4-6,9,16H,7-8,10-11H2,1-3H3,(H,24,27). The van der Waals surface area contributed by atoms with Crippen molar-refractivity contribution in [2.24, 2.45) is 5.41 Å². The molecule has 1 aromatic carbocycles. The van der Waals surface area contributed by atoms with E-state index in [4.69, 9.17) is 16.3 Å². The number of ether oxygens (including phenoxy) is 1. The number of nitrogens with one attached hydrogen (secondary N) is 1. The van der Waals surface area contributed by atoms with Gasteiger partial charge in [0.15, 0.2) is 5.78 Å². The molecule has 0 aromatic heterocycles. The first-order valence-corrected chi connectivity index (χ1v) is 10.0. The summed E-state index contributed by atoms with van der Waals surface area (Å²) >= 11 is 6.23. The second-order valence-electron chi connectivity index (χ2n) is 8.45. The fourth-order valence-corrected chi connectivity index (χ4v) is 4.83. The van der Waals surface area contributed by atoms with Crippen LogP contribution in [0.3, 0.4) is 0 Å². The zero-order valence-electron chi connectivity index (χ0n) is 16.7. The molecule has 1 atom stereocenters. The van der Waals surface area contributed by atoms with Crippen molar-refractivity contribution in [2.45, 2.75) is 32.6 Å². The molecule has 1 unspecified atom stereocenters. The summed E-state index contributed by atoms with van der Waals surface area (Å²) in [5.41, 5.74) is 2.34. The van der Waals surface area contributed by atoms with Crippen LogP contribution in [0.1, 0.15) is 38.2 Å². The second-order valence-corrected chi connectivity index (χ2v) is 8.89. The van der Waals surface area contributed by atoms with Crippen LogP contribution in [0.5, 0.6) is 0 Å². The van der Waals surface area contributed by atoms with Gasteiger partial charge in [0.25, 0.3) is 5.91 Å². The molecule has 3 aliphatic rings. The summed E-state index contributed by atoms with van der Waals surface area (Å²) in [4.78, 5) is 40.9. The summed E-state index contributed by atoms with van der Waals surface area (Å²) in [6.45, 7) is 5.05. The lowest BCUT2D eigenvalue weighted by Gasteiger charge is -2.46. The molecule has 0 spiro atoms. The quantitative estimate of drug-likeness (QED) is 0.753. The number of carbonyl (C=O) groups is 3. The minimum Gasteiger partial charge on any atom is -0.466 e. The van der Waals surface area contributed by atoms with Crippen LogP contribution in [0.2, 0.25) is 5.02 Å². The molecule has 1 fully saturated rings. The van der Waals surface area contributed by atoms with E-state index in [0.717, 1.165) is 5.70 Å². The van der Waals surface area contributed by atoms with E-state index >= 15 is 0 Å². The summed E-state index contributed by atoms with van der Waals surface area (Å²) in [7, 11) is 1.28. The summed E-state index contributed by atoms with van der Waals surface area (Å²) in [6, 6.07) is 7.08. The Morgan fingerprint density at radius 2 is 2.03 bits per heavy atom. The number of amides is 1. The number of rotatable bonds is 2. The number of carbonyl (C=O) groups excluding carboxylic acids is 3. The molecule has 0 bridgehead atoms. The minimum atomic E-state index is -0.685. The van der Waals surface area contributed by atoms with Gasteiger partial charge >= 0.3 is 5.97 Å². The third-order valence-electron chi connectivity index (χ3n) is 5.75. The van der Waals surface area contributed by atoms with Gasteiger partial charge in [0, 0.05) is 41.7 Å². The molecule has 6 nitrogen and oxygen atoms in total. The molecule has 1 aliphatic carbocycles. The number of nitrogens with zero attached hydrogens (tertiary/aromatic N) is 1. The Morgan fingerprint density at radius 1 is 1.28 bits per heavy atom. The highest BCUT2D eigenvalue weighted by Crippen LogP contribution is 2.50. The fourth-order valence-electron chi connectivity index (χ4n) is 4.63. The Balaban J connectivity index is 2.03. The Kier molecular flexibility index (Phi) is 4.77. The molecule has 1 amide bonds. The van der Waals surface area contributed by atoms with Crippen molar-refractivity contribution >= 4 is 29.3 Å². The van der Waals surface area contributed by atoms with Crippen molar-refractivity contribution in [2.75, 3.05) is 20.2 Å². The maximum Gasteiger partial charge on any atom is 0.337 e. The van der Waals surface area contributed by atoms with Gasteiger partial charge in [-0.25, -0.2) is 4.79 Å². The molecule has 4 rings (SSSR count). The first-order chi connectivity index (χ1) is 13.7. The lowest BCUT2D eigenvalue weighted by molar-refractivity contribution is -0.137. The number of allylic oxidation sites excluding steroid dienone is 2. The van der Waals surface area contributed by atoms with Gasteiger partial charge in [-0.05, 0) is 29.5 Å². The lowest BCUT2D eigenvalue weighted by Crippen LogP contribution is -2.51. The third-order valence-corrected chi connectivity index (χ3v) is 5.98. The van der Waals surface area contributed by atoms with Crippen LogP contribution in [0.15, 0.2) is 46.8 Å². The molecule has 2 heterocycles. The van der Waals surface area contributed by atoms with Crippen LogP contribution >= 0.6 is 11.6 Å². The number of hydrogen-bond acceptors (Lipinski definition) is 5. The van der Waals surface area contributed by atoms with E-state index in [1.54, 1.807) is 18.2 Å². The van der Waals surface area contributed by atoms with Gasteiger partial charge in [-0.1, -0.05) is 37.6 Å². The maximum atomic E-state index is 13.3. The van der Waals surface area contributed by atoms with Gasteiger partial charge in [0.2, 0.25) is 0 Å². The average molecular weight is 415 g/mol. The van der Waals surface area contributed by atoms with Crippen molar-refractivity contribution in [1.29, 1.82) is 0 Å². The number of hydrogen-bond donors (Lipinski definition) is 1. The first-order valence-electron chi connectivity index (χ1n) is 9.63. The Labute approximate surface area is 174 Å². The Morgan fingerprint density at radius 3 is 2.72 bits per heavy atom. The first kappa shape index (κ1) is 19.7. The predicted octanol–water partition coefficient (Wildman–Crippen LogP) is 2.94. The molecular formula is C22H23ClN2O4. The van der Waals surface area contributed by atoms with Crippen molar-refractivity contribution in [1.82, 2.24) is 10.2 Å². The van der Waals surface area contributed by atoms with Crippen molar-refractivity contribution in [3.05, 3.63) is 57.4 Å². The predicted molar refractivity (Wildman–Crippen MR) is 108 cm³/mol. The number of methoxy groups -OCH3 is 1. The summed E-state index contributed by atoms with van der Waals surface area (Å²) in [5.74, 6) is -1.63. The van der Waals surface area contributed by atoms with Crippen LogP contribution in [-0.4, -0.2) is 42.8 Å². The largest absolute Gasteiger partial charge is 0.466 e. The molecule has 29 heavy (non-hydrogen) atoms. The maximum absolute atomic E-state index is 13.3. The lowest BCUT2D eigenvalue weighted by atomic mass is 9.68. The Hall–Kier alpha value is -2.60. The molecule has 1 saturated heterocycles. The van der Waals surface area contributed by atoms with Gasteiger partial charge in [-0.15, -0.1) is 0 Å². The number of benzene rings is 1. The van der Waals surface area contributed by atoms with Crippen molar-refractivity contribution in [3.63, 3.8) is 0 Å². The molecule has 7 heteroatoms. The number of esters is 1. The molecule has 0 saturated carbocycles. The van der Waals surface area contributed by atoms with E-state index in [1.807, 2.05) is 24.8 Å². The van der Waals surface area contributed by atoms with E-state index in [1.165, 1.54) is 7.11 Å². The number of ketones is 1. The van der Waals surface area contributed by atoms with Crippen molar-refractivity contribution in [3.8, 4) is 0 Å². The number of halogens is 1. The van der Waals surface area contributed by atoms with E-state index in [-0.39, 0.29) is 28.4 Å². The van der Waals surface area contributed by atoms with Crippen LogP contribution in [0.4, 0.5) is 0 Å². The topological polar surface area (TPSA) is 75.7 Å². The van der Waals surface area contributed by atoms with E-state index in [2.05, 4.69) is 5.32 Å². The minimum absolute atomic E-state index is 0.00680. The highest BCUT2D eigenvalue weighted by molar-refractivity contribution is 6.30. The van der Waals surface area contributed by atoms with Gasteiger partial charge in [-0.2, -0.15) is 0 Å². The van der Waals surface area contributed by atoms with Crippen LogP contribution in [0, 0.1) is 5.41 Å². The SMILES string of the molecule is COC(=O)C1=C2C(=O)NCCN2C2=C(C(=O)CC(C)(C)C2)C1c1cccc(Cl)c1. The molecule has 1 N–H and O–H groups in total. The van der Waals surface area contributed by atoms with Gasteiger partial charge in [0.1, 0.15) is 5.70 Å². The smallest absolute Gasteiger partial charge is 0.337 e. The fraction of sp³-hybridized carbons (Fsp3) is 0.409. The highest BCUT2D eigenvalue weighted by Gasteiger charge is 2.48. The van der Waals surface area contributed by atoms with E-state index < -0.39 is 11.9 Å². The summed E-state index contributed by atoms with van der Waals surface area (Å²) < 4.78 is 5.05. The molecule has 0 radical (unpaired) electrons. The van der Waals surface area contributed by atoms with Gasteiger partial charge in [-0.3, -0.25) is 9.59 Å². The van der Waals surface area contributed by atoms with E-state index in [9.17, 15) is 14.4 Å². The highest BCUT2D eigenvalue weighted by atomic mass is 35.5. The number of Topliss-reactive ketones (excluding diaryl/α,β-unsaturated/α-hetero) is 1. The van der Waals surface area contributed by atoms with Gasteiger partial charge < -0.3 is 15.0 Å².